The number of amides is 1. The maximum Gasteiger partial charge on any atom is 0.435 e. The van der Waals surface area contributed by atoms with E-state index in [2.05, 4.69) is 25.4 Å². The zero-order chi connectivity index (χ0) is 28.6. The smallest absolute Gasteiger partial charge is 0.435 e. The first-order valence-electron chi connectivity index (χ1n) is 12.7. The Morgan fingerprint density at radius 1 is 1.25 bits per heavy atom. The summed E-state index contributed by atoms with van der Waals surface area (Å²) in [5.74, 6) is 1.18. The molecule has 1 atom stereocenters. The van der Waals surface area contributed by atoms with Gasteiger partial charge in [-0.15, -0.1) is 0 Å². The fourth-order valence-electron chi connectivity index (χ4n) is 4.93. The number of aliphatic hydroxyl groups is 1. The number of aromatic nitrogens is 5. The first kappa shape index (κ1) is 27.4. The number of methoxy groups -OCH3 is 1. The van der Waals surface area contributed by atoms with Crippen LogP contribution in [-0.2, 0) is 30.5 Å². The number of nitrogens with one attached hydrogen (secondary N) is 1. The molecule has 15 heteroatoms. The van der Waals surface area contributed by atoms with Gasteiger partial charge in [-0.2, -0.15) is 23.3 Å². The lowest BCUT2D eigenvalue weighted by molar-refractivity contribution is -0.142. The third-order valence-electron chi connectivity index (χ3n) is 6.92. The minimum atomic E-state index is -4.58. The van der Waals surface area contributed by atoms with E-state index in [0.29, 0.717) is 36.4 Å². The molecule has 2 aliphatic heterocycles. The van der Waals surface area contributed by atoms with E-state index in [1.165, 1.54) is 14.0 Å². The number of hydrogen-bond acceptors (Lipinski definition) is 10. The van der Waals surface area contributed by atoms with Gasteiger partial charge >= 0.3 is 6.18 Å². The first-order valence-corrected chi connectivity index (χ1v) is 12.7. The molecule has 5 rings (SSSR count). The molecule has 0 aromatic carbocycles. The molecule has 2 aliphatic rings. The van der Waals surface area contributed by atoms with Crippen molar-refractivity contribution in [1.29, 1.82) is 0 Å². The number of aryl methyl sites for hydroxylation is 1. The van der Waals surface area contributed by atoms with Gasteiger partial charge in [-0.05, 0) is 25.3 Å². The number of likely N-dealkylation sites (N-methyl/N-ethyl adjacent to an activating group) is 1. The normalized spacial score (nSPS) is 16.7. The summed E-state index contributed by atoms with van der Waals surface area (Å²) in [6, 6.07) is 2.76. The topological polar surface area (TPSA) is 131 Å². The average molecular weight is 563 g/mol. The van der Waals surface area contributed by atoms with E-state index in [-0.39, 0.29) is 37.1 Å². The molecule has 0 spiro atoms. The molecule has 1 unspecified atom stereocenters. The van der Waals surface area contributed by atoms with Crippen LogP contribution in [0, 0.1) is 6.92 Å². The highest BCUT2D eigenvalue weighted by atomic mass is 19.4. The zero-order valence-corrected chi connectivity index (χ0v) is 22.2. The van der Waals surface area contributed by atoms with Crippen molar-refractivity contribution in [3.63, 3.8) is 0 Å². The van der Waals surface area contributed by atoms with E-state index in [1.807, 2.05) is 0 Å². The second-order valence-electron chi connectivity index (χ2n) is 9.48. The fraction of sp³-hybridized carbons (Fsp3) is 0.480. The Bertz CT molecular complexity index is 1400. The lowest BCUT2D eigenvalue weighted by Crippen LogP contribution is -2.55. The van der Waals surface area contributed by atoms with E-state index in [4.69, 9.17) is 9.47 Å². The molecular formula is C25H29F3N8O4. The number of hydrogen-bond donors (Lipinski definition) is 2. The highest BCUT2D eigenvalue weighted by Crippen LogP contribution is 2.40. The summed E-state index contributed by atoms with van der Waals surface area (Å²) in [6.07, 6.45) is -1.47. The summed E-state index contributed by atoms with van der Waals surface area (Å²) in [6.45, 7) is 2.02. The molecule has 0 radical (unpaired) electrons. The summed E-state index contributed by atoms with van der Waals surface area (Å²) in [4.78, 5) is 29.6. The van der Waals surface area contributed by atoms with Gasteiger partial charge in [-0.1, -0.05) is 6.07 Å². The molecule has 3 aromatic rings. The van der Waals surface area contributed by atoms with Crippen LogP contribution in [0.5, 0.6) is 11.8 Å². The van der Waals surface area contributed by atoms with Crippen LogP contribution in [0.1, 0.15) is 28.9 Å². The highest BCUT2D eigenvalue weighted by Gasteiger charge is 2.41. The largest absolute Gasteiger partial charge is 0.481 e. The Morgan fingerprint density at radius 2 is 2.05 bits per heavy atom. The number of anilines is 3. The second kappa shape index (κ2) is 10.8. The lowest BCUT2D eigenvalue weighted by atomic mass is 10.0. The molecule has 40 heavy (non-hydrogen) atoms. The molecule has 2 N–H and O–H groups in total. The van der Waals surface area contributed by atoms with Crippen molar-refractivity contribution in [3.05, 3.63) is 40.8 Å². The molecule has 0 saturated carbocycles. The van der Waals surface area contributed by atoms with Crippen LogP contribution in [0.2, 0.25) is 0 Å². The Balaban J connectivity index is 1.21. The van der Waals surface area contributed by atoms with E-state index in [9.17, 15) is 23.1 Å². The van der Waals surface area contributed by atoms with Gasteiger partial charge in [0.25, 0.3) is 5.91 Å². The number of nitrogens with zero attached hydrogens (tertiary/aromatic N) is 7. The second-order valence-corrected chi connectivity index (χ2v) is 9.48. The first-order chi connectivity index (χ1) is 19.1. The summed E-state index contributed by atoms with van der Waals surface area (Å²) in [5, 5.41) is 16.6. The lowest BCUT2D eigenvalue weighted by Gasteiger charge is -2.42. The third kappa shape index (κ3) is 5.08. The number of halogens is 3. The summed E-state index contributed by atoms with van der Waals surface area (Å²) < 4.78 is 51.3. The van der Waals surface area contributed by atoms with E-state index < -0.39 is 17.9 Å². The van der Waals surface area contributed by atoms with Gasteiger partial charge in [-0.3, -0.25) is 4.79 Å². The van der Waals surface area contributed by atoms with Crippen LogP contribution in [-0.4, -0.2) is 75.7 Å². The monoisotopic (exact) mass is 562 g/mol. The summed E-state index contributed by atoms with van der Waals surface area (Å²) in [7, 11) is 3.03. The molecule has 0 bridgehead atoms. The minimum absolute atomic E-state index is 0.0289. The van der Waals surface area contributed by atoms with Crippen LogP contribution in [0.15, 0.2) is 18.3 Å². The Morgan fingerprint density at radius 3 is 2.73 bits per heavy atom. The van der Waals surface area contributed by atoms with Gasteiger partial charge < -0.3 is 29.7 Å². The number of ether oxygens (including phenoxy) is 2. The predicted molar refractivity (Wildman–Crippen MR) is 138 cm³/mol. The van der Waals surface area contributed by atoms with Gasteiger partial charge in [0.2, 0.25) is 17.7 Å². The number of pyridine rings is 1. The van der Waals surface area contributed by atoms with Crippen LogP contribution < -0.4 is 24.6 Å². The molecular weight excluding hydrogens is 533 g/mol. The van der Waals surface area contributed by atoms with Gasteiger partial charge in [-0.25, -0.2) is 14.6 Å². The standard InChI is InChI=1S/C25H29F3N8O4/c1-14-20(25(26,27)28)33-36(23(14)39-3)9-10-40-18-7-6-15(11-29-18)12-30-24-31-16-5-4-8-35-19(16)21(32-24)34(2)17(13-37)22(35)38/h6-7,11,17,37H,4-5,8-10,12-13H2,1-3H3,(H,30,31,32). The van der Waals surface area contributed by atoms with Crippen molar-refractivity contribution in [1.82, 2.24) is 24.7 Å². The van der Waals surface area contributed by atoms with Crippen LogP contribution in [0.25, 0.3) is 0 Å². The zero-order valence-electron chi connectivity index (χ0n) is 22.2. The maximum absolute atomic E-state index is 13.2. The molecule has 12 nitrogen and oxygen atoms in total. The Hall–Kier alpha value is -4.14. The number of carbonyl (C=O) groups is 1. The maximum atomic E-state index is 13.2. The van der Waals surface area contributed by atoms with Crippen LogP contribution >= 0.6 is 0 Å². The van der Waals surface area contributed by atoms with Crippen molar-refractivity contribution in [3.8, 4) is 11.8 Å². The molecule has 214 valence electrons. The molecule has 0 saturated heterocycles. The molecule has 3 aromatic heterocycles. The summed E-state index contributed by atoms with van der Waals surface area (Å²) in [5.41, 5.74) is 1.23. The number of alkyl halides is 3. The Labute approximate surface area is 227 Å². The van der Waals surface area contributed by atoms with Gasteiger partial charge in [0.15, 0.2) is 11.5 Å². The van der Waals surface area contributed by atoms with Crippen LogP contribution in [0.3, 0.4) is 0 Å². The average Bonchev–Trinajstić information content (AvgIpc) is 3.26. The van der Waals surface area contributed by atoms with Crippen molar-refractivity contribution in [2.75, 3.05) is 49.0 Å². The van der Waals surface area contributed by atoms with Crippen LogP contribution in [0.4, 0.5) is 30.6 Å². The predicted octanol–water partition coefficient (Wildman–Crippen LogP) is 2.18. The minimum Gasteiger partial charge on any atom is -0.481 e. The number of carbonyl (C=O) groups excluding carboxylic acids is 1. The highest BCUT2D eigenvalue weighted by molar-refractivity contribution is 6.05. The SMILES string of the molecule is COc1c(C)c(C(F)(F)F)nn1CCOc1ccc(CNc2nc3c4c(n2)N(C)C(CO)C(=O)N4CCC3)cn1. The number of aliphatic hydroxyl groups excluding tert-OH is 1. The quantitative estimate of drug-likeness (QED) is 0.400. The molecule has 5 heterocycles. The summed E-state index contributed by atoms with van der Waals surface area (Å²) >= 11 is 0. The van der Waals surface area contributed by atoms with Gasteiger partial charge in [0, 0.05) is 38.0 Å². The van der Waals surface area contributed by atoms with Gasteiger partial charge in [0.1, 0.15) is 18.3 Å². The molecule has 0 aliphatic carbocycles. The fourth-order valence-corrected chi connectivity index (χ4v) is 4.93. The van der Waals surface area contributed by atoms with Crippen molar-refractivity contribution in [2.24, 2.45) is 0 Å². The molecule has 1 amide bonds. The van der Waals surface area contributed by atoms with E-state index in [1.54, 1.807) is 35.2 Å². The van der Waals surface area contributed by atoms with Crippen molar-refractivity contribution < 1.29 is 32.5 Å². The number of rotatable bonds is 9. The third-order valence-corrected chi connectivity index (χ3v) is 6.92. The molecule has 0 fully saturated rings. The Kier molecular flexibility index (Phi) is 7.40. The van der Waals surface area contributed by atoms with Crippen molar-refractivity contribution >= 4 is 23.4 Å². The van der Waals surface area contributed by atoms with Crippen molar-refractivity contribution in [2.45, 2.75) is 45.1 Å². The van der Waals surface area contributed by atoms with E-state index >= 15 is 0 Å². The van der Waals surface area contributed by atoms with Gasteiger partial charge in [0.05, 0.1) is 26.0 Å². The van der Waals surface area contributed by atoms with E-state index in [0.717, 1.165) is 28.8 Å².